The molecule has 2 aliphatic rings. The summed E-state index contributed by atoms with van der Waals surface area (Å²) in [6.07, 6.45) is 8.58. The highest BCUT2D eigenvalue weighted by atomic mass is 32.2. The minimum atomic E-state index is -3.43. The monoisotopic (exact) mass is 404 g/mol. The predicted molar refractivity (Wildman–Crippen MR) is 112 cm³/mol. The summed E-state index contributed by atoms with van der Waals surface area (Å²) in [6, 6.07) is 6.84. The standard InChI is InChI=1S/C22H32N2O3S/c1-18-15-19(2)17-23(16-18)22(25)12-9-20-7-10-21(11-8-20)28(26,27)24-13-5-3-4-6-14-24/h7-12,18-19H,3-6,13-17H2,1-2H3/b12-9+. The van der Waals surface area contributed by atoms with E-state index in [4.69, 9.17) is 0 Å². The van der Waals surface area contributed by atoms with Crippen LogP contribution < -0.4 is 0 Å². The number of nitrogens with zero attached hydrogens (tertiary/aromatic N) is 2. The van der Waals surface area contributed by atoms with Crippen molar-refractivity contribution in [3.05, 3.63) is 35.9 Å². The van der Waals surface area contributed by atoms with E-state index in [-0.39, 0.29) is 5.91 Å². The van der Waals surface area contributed by atoms with Crippen LogP contribution >= 0.6 is 0 Å². The van der Waals surface area contributed by atoms with Crippen molar-refractivity contribution in [2.75, 3.05) is 26.2 Å². The number of amides is 1. The summed E-state index contributed by atoms with van der Waals surface area (Å²) in [6.45, 7) is 7.18. The van der Waals surface area contributed by atoms with Gasteiger partial charge in [0.2, 0.25) is 15.9 Å². The molecule has 2 saturated heterocycles. The van der Waals surface area contributed by atoms with Crippen molar-refractivity contribution in [2.45, 2.75) is 50.8 Å². The summed E-state index contributed by atoms with van der Waals surface area (Å²) >= 11 is 0. The van der Waals surface area contributed by atoms with Gasteiger partial charge in [-0.1, -0.05) is 38.8 Å². The highest BCUT2D eigenvalue weighted by Crippen LogP contribution is 2.22. The van der Waals surface area contributed by atoms with Gasteiger partial charge >= 0.3 is 0 Å². The first-order valence-corrected chi connectivity index (χ1v) is 11.9. The molecule has 154 valence electrons. The van der Waals surface area contributed by atoms with E-state index >= 15 is 0 Å². The number of rotatable bonds is 4. The molecule has 0 aliphatic carbocycles. The van der Waals surface area contributed by atoms with Crippen LogP contribution in [0.1, 0.15) is 51.5 Å². The summed E-state index contributed by atoms with van der Waals surface area (Å²) < 4.78 is 27.3. The van der Waals surface area contributed by atoms with Crippen LogP contribution in [0.15, 0.2) is 35.2 Å². The Morgan fingerprint density at radius 2 is 1.54 bits per heavy atom. The SMILES string of the molecule is CC1CC(C)CN(C(=O)/C=C/c2ccc(S(=O)(=O)N3CCCCCC3)cc2)C1. The summed E-state index contributed by atoms with van der Waals surface area (Å²) in [4.78, 5) is 14.7. The van der Waals surface area contributed by atoms with E-state index in [1.165, 1.54) is 6.42 Å². The molecule has 2 aliphatic heterocycles. The van der Waals surface area contributed by atoms with E-state index in [1.807, 2.05) is 4.90 Å². The topological polar surface area (TPSA) is 57.7 Å². The zero-order valence-corrected chi connectivity index (χ0v) is 17.8. The molecule has 1 aromatic carbocycles. The molecule has 2 unspecified atom stereocenters. The van der Waals surface area contributed by atoms with Crippen LogP contribution in [-0.4, -0.2) is 49.7 Å². The number of sulfonamides is 1. The molecule has 0 bridgehead atoms. The molecule has 6 heteroatoms. The van der Waals surface area contributed by atoms with Gasteiger partial charge in [-0.25, -0.2) is 8.42 Å². The molecule has 2 atom stereocenters. The number of carbonyl (C=O) groups excluding carboxylic acids is 1. The van der Waals surface area contributed by atoms with Crippen LogP contribution in [0, 0.1) is 11.8 Å². The lowest BCUT2D eigenvalue weighted by molar-refractivity contribution is -0.128. The normalized spacial score (nSPS) is 25.0. The lowest BCUT2D eigenvalue weighted by Crippen LogP contribution is -2.41. The third kappa shape index (κ3) is 5.23. The number of carbonyl (C=O) groups is 1. The van der Waals surface area contributed by atoms with Gasteiger partial charge in [0.15, 0.2) is 0 Å². The fourth-order valence-electron chi connectivity index (χ4n) is 4.30. The summed E-state index contributed by atoms with van der Waals surface area (Å²) in [5, 5.41) is 0. The van der Waals surface area contributed by atoms with E-state index in [2.05, 4.69) is 13.8 Å². The Morgan fingerprint density at radius 1 is 0.964 bits per heavy atom. The van der Waals surface area contributed by atoms with Gasteiger partial charge < -0.3 is 4.90 Å². The molecule has 0 spiro atoms. The van der Waals surface area contributed by atoms with Crippen LogP contribution in [0.4, 0.5) is 0 Å². The molecule has 5 nitrogen and oxygen atoms in total. The Balaban J connectivity index is 1.65. The number of hydrogen-bond donors (Lipinski definition) is 0. The van der Waals surface area contributed by atoms with Crippen molar-refractivity contribution in [2.24, 2.45) is 11.8 Å². The molecule has 2 heterocycles. The fourth-order valence-corrected chi connectivity index (χ4v) is 5.81. The van der Waals surface area contributed by atoms with E-state index in [9.17, 15) is 13.2 Å². The quantitative estimate of drug-likeness (QED) is 0.718. The first kappa shape index (κ1) is 21.1. The van der Waals surface area contributed by atoms with Crippen LogP contribution in [0.2, 0.25) is 0 Å². The zero-order valence-electron chi connectivity index (χ0n) is 17.0. The third-order valence-corrected chi connectivity index (χ3v) is 7.59. The Morgan fingerprint density at radius 3 is 2.11 bits per heavy atom. The highest BCUT2D eigenvalue weighted by molar-refractivity contribution is 7.89. The average Bonchev–Trinajstić information content (AvgIpc) is 2.96. The van der Waals surface area contributed by atoms with E-state index < -0.39 is 10.0 Å². The molecule has 2 fully saturated rings. The van der Waals surface area contributed by atoms with Crippen LogP contribution in [-0.2, 0) is 14.8 Å². The third-order valence-electron chi connectivity index (χ3n) is 5.68. The van der Waals surface area contributed by atoms with E-state index in [0.717, 1.165) is 44.3 Å². The molecule has 28 heavy (non-hydrogen) atoms. The molecular formula is C22H32N2O3S. The first-order valence-electron chi connectivity index (χ1n) is 10.4. The van der Waals surface area contributed by atoms with Crippen molar-refractivity contribution in [1.82, 2.24) is 9.21 Å². The molecular weight excluding hydrogens is 372 g/mol. The maximum atomic E-state index is 12.8. The number of likely N-dealkylation sites (tertiary alicyclic amines) is 1. The second kappa shape index (κ2) is 9.23. The lowest BCUT2D eigenvalue weighted by atomic mass is 9.92. The Labute approximate surface area is 169 Å². The second-order valence-electron chi connectivity index (χ2n) is 8.41. The second-order valence-corrected chi connectivity index (χ2v) is 10.3. The van der Waals surface area contributed by atoms with Crippen LogP contribution in [0.25, 0.3) is 6.08 Å². The van der Waals surface area contributed by atoms with E-state index in [1.54, 1.807) is 40.7 Å². The van der Waals surface area contributed by atoms with Gasteiger partial charge in [0.1, 0.15) is 0 Å². The smallest absolute Gasteiger partial charge is 0.246 e. The van der Waals surface area contributed by atoms with Gasteiger partial charge in [-0.3, -0.25) is 4.79 Å². The number of benzene rings is 1. The largest absolute Gasteiger partial charge is 0.339 e. The van der Waals surface area contributed by atoms with Gasteiger partial charge in [0.25, 0.3) is 0 Å². The molecule has 0 N–H and O–H groups in total. The zero-order chi connectivity index (χ0) is 20.1. The van der Waals surface area contributed by atoms with E-state index in [0.29, 0.717) is 29.8 Å². The van der Waals surface area contributed by atoms with Crippen molar-refractivity contribution in [3.63, 3.8) is 0 Å². The Kier molecular flexibility index (Phi) is 6.94. The maximum Gasteiger partial charge on any atom is 0.246 e. The Hall–Kier alpha value is -1.66. The Bertz CT molecular complexity index is 784. The summed E-state index contributed by atoms with van der Waals surface area (Å²) in [5.41, 5.74) is 0.835. The number of piperidine rings is 1. The minimum absolute atomic E-state index is 0.0275. The van der Waals surface area contributed by atoms with Crippen LogP contribution in [0.5, 0.6) is 0 Å². The minimum Gasteiger partial charge on any atom is -0.339 e. The average molecular weight is 405 g/mol. The predicted octanol–water partition coefficient (Wildman–Crippen LogP) is 3.77. The first-order chi connectivity index (χ1) is 13.4. The van der Waals surface area contributed by atoms with Gasteiger partial charge in [-0.2, -0.15) is 4.31 Å². The number of hydrogen-bond acceptors (Lipinski definition) is 3. The fraction of sp³-hybridized carbons (Fsp3) is 0.591. The molecule has 1 aromatic rings. The van der Waals surface area contributed by atoms with Crippen molar-refractivity contribution in [1.29, 1.82) is 0 Å². The van der Waals surface area contributed by atoms with Crippen LogP contribution in [0.3, 0.4) is 0 Å². The molecule has 3 rings (SSSR count). The molecule has 0 radical (unpaired) electrons. The van der Waals surface area contributed by atoms with Crippen molar-refractivity contribution < 1.29 is 13.2 Å². The summed E-state index contributed by atoms with van der Waals surface area (Å²) in [7, 11) is -3.43. The van der Waals surface area contributed by atoms with Gasteiger partial charge in [-0.05, 0) is 54.9 Å². The molecule has 0 aromatic heterocycles. The van der Waals surface area contributed by atoms with Gasteiger partial charge in [0.05, 0.1) is 4.90 Å². The van der Waals surface area contributed by atoms with Gasteiger partial charge in [0, 0.05) is 32.3 Å². The molecule has 0 saturated carbocycles. The summed E-state index contributed by atoms with van der Waals surface area (Å²) in [5.74, 6) is 1.09. The molecule has 1 amide bonds. The lowest BCUT2D eigenvalue weighted by Gasteiger charge is -2.34. The van der Waals surface area contributed by atoms with Crippen molar-refractivity contribution >= 4 is 22.0 Å². The highest BCUT2D eigenvalue weighted by Gasteiger charge is 2.25. The van der Waals surface area contributed by atoms with Gasteiger partial charge in [-0.15, -0.1) is 0 Å². The maximum absolute atomic E-state index is 12.8. The van der Waals surface area contributed by atoms with Crippen molar-refractivity contribution in [3.8, 4) is 0 Å².